The van der Waals surface area contributed by atoms with Gasteiger partial charge in [0, 0.05) is 19.8 Å². The normalized spacial score (nSPS) is 15.1. The molecule has 0 aliphatic heterocycles. The van der Waals surface area contributed by atoms with Gasteiger partial charge in [-0.25, -0.2) is 13.1 Å². The van der Waals surface area contributed by atoms with Crippen molar-refractivity contribution in [1.82, 2.24) is 4.72 Å². The van der Waals surface area contributed by atoms with Crippen molar-refractivity contribution in [3.05, 3.63) is 0 Å². The van der Waals surface area contributed by atoms with Crippen molar-refractivity contribution in [2.45, 2.75) is 33.2 Å². The molecule has 0 saturated carbocycles. The van der Waals surface area contributed by atoms with E-state index in [0.29, 0.717) is 6.42 Å². The zero-order valence-electron chi connectivity index (χ0n) is 10.5. The van der Waals surface area contributed by atoms with Crippen molar-refractivity contribution in [2.75, 3.05) is 26.1 Å². The van der Waals surface area contributed by atoms with Crippen molar-refractivity contribution < 1.29 is 18.3 Å². The van der Waals surface area contributed by atoms with Gasteiger partial charge in [-0.05, 0) is 11.8 Å². The Bertz CT molecular complexity index is 276. The van der Waals surface area contributed by atoms with Gasteiger partial charge in [0.15, 0.2) is 0 Å². The summed E-state index contributed by atoms with van der Waals surface area (Å²) in [4.78, 5) is 0. The maximum absolute atomic E-state index is 11.8. The van der Waals surface area contributed by atoms with Gasteiger partial charge < -0.3 is 9.84 Å². The third-order valence-corrected chi connectivity index (χ3v) is 3.75. The van der Waals surface area contributed by atoms with E-state index in [0.717, 1.165) is 0 Å². The van der Waals surface area contributed by atoms with E-state index in [1.54, 1.807) is 0 Å². The van der Waals surface area contributed by atoms with Crippen LogP contribution in [0.25, 0.3) is 0 Å². The Morgan fingerprint density at radius 2 is 1.94 bits per heavy atom. The van der Waals surface area contributed by atoms with Crippen LogP contribution in [0.5, 0.6) is 0 Å². The first-order valence-electron chi connectivity index (χ1n) is 5.30. The predicted octanol–water partition coefficient (Wildman–Crippen LogP) is 0.349. The molecule has 0 bridgehead atoms. The molecule has 1 unspecified atom stereocenters. The van der Waals surface area contributed by atoms with E-state index < -0.39 is 10.0 Å². The van der Waals surface area contributed by atoms with Crippen LogP contribution in [0.2, 0.25) is 0 Å². The van der Waals surface area contributed by atoms with Crippen molar-refractivity contribution in [1.29, 1.82) is 0 Å². The molecule has 98 valence electrons. The fraction of sp³-hybridized carbons (Fsp3) is 1.00. The molecule has 2 N–H and O–H groups in total. The summed E-state index contributed by atoms with van der Waals surface area (Å²) in [6.07, 6.45) is 0.358. The van der Waals surface area contributed by atoms with Crippen LogP contribution in [0, 0.1) is 5.41 Å². The van der Waals surface area contributed by atoms with Crippen LogP contribution < -0.4 is 4.72 Å². The first-order chi connectivity index (χ1) is 7.20. The lowest BCUT2D eigenvalue weighted by atomic mass is 10.0. The summed E-state index contributed by atoms with van der Waals surface area (Å²) >= 11 is 0. The molecule has 5 nitrogen and oxygen atoms in total. The number of aliphatic hydroxyl groups is 1. The van der Waals surface area contributed by atoms with E-state index in [9.17, 15) is 8.42 Å². The molecule has 0 heterocycles. The molecule has 0 aromatic rings. The molecule has 1 atom stereocenters. The van der Waals surface area contributed by atoms with Crippen molar-refractivity contribution in [3.8, 4) is 0 Å². The first-order valence-corrected chi connectivity index (χ1v) is 6.95. The molecule has 0 aromatic heterocycles. The van der Waals surface area contributed by atoms with Crippen LogP contribution in [-0.2, 0) is 14.8 Å². The minimum absolute atomic E-state index is 0.0612. The minimum atomic E-state index is -3.32. The highest BCUT2D eigenvalue weighted by atomic mass is 32.2. The standard InChI is InChI=1S/C10H23NO4S/c1-10(2,3)8-16(13,14)11-9(5-6-12)7-15-4/h9,11-12H,5-8H2,1-4H3. The van der Waals surface area contributed by atoms with E-state index in [-0.39, 0.29) is 30.4 Å². The first kappa shape index (κ1) is 15.8. The largest absolute Gasteiger partial charge is 0.396 e. The van der Waals surface area contributed by atoms with E-state index in [2.05, 4.69) is 4.72 Å². The van der Waals surface area contributed by atoms with Crippen LogP contribution in [0.3, 0.4) is 0 Å². The van der Waals surface area contributed by atoms with Gasteiger partial charge in [0.25, 0.3) is 0 Å². The van der Waals surface area contributed by atoms with Gasteiger partial charge >= 0.3 is 0 Å². The second kappa shape index (κ2) is 6.54. The fourth-order valence-electron chi connectivity index (χ4n) is 1.40. The summed E-state index contributed by atoms with van der Waals surface area (Å²) in [6.45, 7) is 5.80. The van der Waals surface area contributed by atoms with Gasteiger partial charge in [0.05, 0.1) is 12.4 Å². The molecule has 0 spiro atoms. The van der Waals surface area contributed by atoms with Crippen molar-refractivity contribution in [2.24, 2.45) is 5.41 Å². The topological polar surface area (TPSA) is 75.6 Å². The molecular weight excluding hydrogens is 230 g/mol. The number of hydrogen-bond acceptors (Lipinski definition) is 4. The van der Waals surface area contributed by atoms with Gasteiger partial charge in [-0.15, -0.1) is 0 Å². The number of rotatable bonds is 7. The number of ether oxygens (including phenoxy) is 1. The Morgan fingerprint density at radius 3 is 2.31 bits per heavy atom. The minimum Gasteiger partial charge on any atom is -0.396 e. The summed E-state index contributed by atoms with van der Waals surface area (Å²) in [5.41, 5.74) is -0.289. The Kier molecular flexibility index (Phi) is 6.47. The molecule has 0 rings (SSSR count). The Morgan fingerprint density at radius 1 is 1.38 bits per heavy atom. The van der Waals surface area contributed by atoms with Gasteiger partial charge in [-0.2, -0.15) is 0 Å². The van der Waals surface area contributed by atoms with Gasteiger partial charge in [0.1, 0.15) is 0 Å². The molecule has 0 aliphatic carbocycles. The highest BCUT2D eigenvalue weighted by Gasteiger charge is 2.24. The molecule has 16 heavy (non-hydrogen) atoms. The van der Waals surface area contributed by atoms with Crippen LogP contribution in [0.1, 0.15) is 27.2 Å². The number of hydrogen-bond donors (Lipinski definition) is 2. The fourth-order valence-corrected chi connectivity index (χ4v) is 3.32. The van der Waals surface area contributed by atoms with E-state index in [4.69, 9.17) is 9.84 Å². The maximum atomic E-state index is 11.8. The second-order valence-electron chi connectivity index (χ2n) is 5.10. The summed E-state index contributed by atoms with van der Waals surface area (Å²) in [5, 5.41) is 8.80. The summed E-state index contributed by atoms with van der Waals surface area (Å²) in [7, 11) is -1.82. The van der Waals surface area contributed by atoms with Gasteiger partial charge in [-0.3, -0.25) is 0 Å². The highest BCUT2D eigenvalue weighted by Crippen LogP contribution is 2.15. The van der Waals surface area contributed by atoms with E-state index >= 15 is 0 Å². The quantitative estimate of drug-likeness (QED) is 0.686. The van der Waals surface area contributed by atoms with Crippen LogP contribution in [0.15, 0.2) is 0 Å². The van der Waals surface area contributed by atoms with Gasteiger partial charge in [-0.1, -0.05) is 20.8 Å². The summed E-state index contributed by atoms with van der Waals surface area (Å²) < 4.78 is 30.9. The van der Waals surface area contributed by atoms with E-state index in [1.807, 2.05) is 20.8 Å². The molecule has 0 saturated heterocycles. The van der Waals surface area contributed by atoms with E-state index in [1.165, 1.54) is 7.11 Å². The molecule has 0 fully saturated rings. The van der Waals surface area contributed by atoms with Crippen molar-refractivity contribution >= 4 is 10.0 Å². The third-order valence-electron chi connectivity index (χ3n) is 1.81. The Labute approximate surface area is 98.2 Å². The molecule has 0 aliphatic rings. The molecule has 0 amide bonds. The lowest BCUT2D eigenvalue weighted by molar-refractivity contribution is 0.157. The third kappa shape index (κ3) is 8.04. The molecule has 0 aromatic carbocycles. The maximum Gasteiger partial charge on any atom is 0.212 e. The monoisotopic (exact) mass is 253 g/mol. The summed E-state index contributed by atoms with van der Waals surface area (Å²) in [5.74, 6) is 0.0612. The zero-order valence-corrected chi connectivity index (χ0v) is 11.3. The number of aliphatic hydroxyl groups excluding tert-OH is 1. The Balaban J connectivity index is 4.41. The average molecular weight is 253 g/mol. The SMILES string of the molecule is COCC(CCO)NS(=O)(=O)CC(C)(C)C. The molecule has 0 radical (unpaired) electrons. The van der Waals surface area contributed by atoms with Crippen molar-refractivity contribution in [3.63, 3.8) is 0 Å². The number of nitrogens with one attached hydrogen (secondary N) is 1. The zero-order chi connectivity index (χ0) is 12.8. The Hall–Kier alpha value is -0.170. The van der Waals surface area contributed by atoms with Crippen LogP contribution in [0.4, 0.5) is 0 Å². The highest BCUT2D eigenvalue weighted by molar-refractivity contribution is 7.89. The lowest BCUT2D eigenvalue weighted by Crippen LogP contribution is -2.42. The predicted molar refractivity (Wildman–Crippen MR) is 63.7 cm³/mol. The van der Waals surface area contributed by atoms with Gasteiger partial charge in [0.2, 0.25) is 10.0 Å². The molecular formula is C10H23NO4S. The number of sulfonamides is 1. The number of methoxy groups -OCH3 is 1. The lowest BCUT2D eigenvalue weighted by Gasteiger charge is -2.22. The average Bonchev–Trinajstić information content (AvgIpc) is 1.98. The summed E-state index contributed by atoms with van der Waals surface area (Å²) in [6, 6.07) is -0.359. The van der Waals surface area contributed by atoms with Crippen LogP contribution in [-0.4, -0.2) is 45.6 Å². The molecule has 6 heteroatoms. The smallest absolute Gasteiger partial charge is 0.212 e. The van der Waals surface area contributed by atoms with Crippen LogP contribution >= 0.6 is 0 Å². The second-order valence-corrected chi connectivity index (χ2v) is 6.86.